The van der Waals surface area contributed by atoms with Crippen molar-refractivity contribution in [1.29, 1.82) is 0 Å². The summed E-state index contributed by atoms with van der Waals surface area (Å²) in [4.78, 5) is 10.9. The fourth-order valence-corrected chi connectivity index (χ4v) is 1.43. The second-order valence-corrected chi connectivity index (χ2v) is 4.12. The average molecular weight is 244 g/mol. The molecule has 1 atom stereocenters. The molecule has 1 fully saturated rings. The molecule has 1 heterocycles. The van der Waals surface area contributed by atoms with Crippen LogP contribution in [0.4, 0.5) is 0 Å². The number of ether oxygens (including phenoxy) is 4. The minimum atomic E-state index is -0.513. The van der Waals surface area contributed by atoms with Gasteiger partial charge < -0.3 is 18.9 Å². The minimum Gasteiger partial charge on any atom is -0.464 e. The van der Waals surface area contributed by atoms with Gasteiger partial charge in [-0.15, -0.1) is 0 Å². The Morgan fingerprint density at radius 1 is 1.53 bits per heavy atom. The summed E-state index contributed by atoms with van der Waals surface area (Å²) in [5, 5.41) is 0. The van der Waals surface area contributed by atoms with E-state index in [0.717, 1.165) is 0 Å². The maximum absolute atomic E-state index is 10.9. The Morgan fingerprint density at radius 3 is 2.88 bits per heavy atom. The van der Waals surface area contributed by atoms with Gasteiger partial charge in [-0.05, 0) is 20.8 Å². The molecule has 0 aromatic carbocycles. The number of esters is 1. The SMILES string of the molecule is CCOC(=O)COC/C=C\[C@H]1COC(C)(C)O1. The molecule has 0 aromatic heterocycles. The first-order valence-electron chi connectivity index (χ1n) is 5.75. The van der Waals surface area contributed by atoms with Gasteiger partial charge in [0.1, 0.15) is 12.7 Å². The minimum absolute atomic E-state index is 0.0221. The summed E-state index contributed by atoms with van der Waals surface area (Å²) in [7, 11) is 0. The summed E-state index contributed by atoms with van der Waals surface area (Å²) in [5.41, 5.74) is 0. The van der Waals surface area contributed by atoms with Crippen molar-refractivity contribution < 1.29 is 23.7 Å². The van der Waals surface area contributed by atoms with Gasteiger partial charge in [-0.1, -0.05) is 12.2 Å². The predicted molar refractivity (Wildman–Crippen MR) is 61.5 cm³/mol. The summed E-state index contributed by atoms with van der Waals surface area (Å²) in [6.45, 7) is 6.76. The van der Waals surface area contributed by atoms with Crippen LogP contribution in [0.3, 0.4) is 0 Å². The van der Waals surface area contributed by atoms with Crippen LogP contribution in [0, 0.1) is 0 Å². The first kappa shape index (κ1) is 14.2. The smallest absolute Gasteiger partial charge is 0.332 e. The van der Waals surface area contributed by atoms with Crippen LogP contribution < -0.4 is 0 Å². The summed E-state index contributed by atoms with van der Waals surface area (Å²) < 4.78 is 20.8. The third-order valence-corrected chi connectivity index (χ3v) is 2.12. The van der Waals surface area contributed by atoms with E-state index in [2.05, 4.69) is 0 Å². The number of hydrogen-bond donors (Lipinski definition) is 0. The van der Waals surface area contributed by atoms with Crippen molar-refractivity contribution in [2.75, 3.05) is 26.4 Å². The van der Waals surface area contributed by atoms with Crippen molar-refractivity contribution in [3.8, 4) is 0 Å². The van der Waals surface area contributed by atoms with Gasteiger partial charge >= 0.3 is 5.97 Å². The van der Waals surface area contributed by atoms with E-state index in [4.69, 9.17) is 18.9 Å². The lowest BCUT2D eigenvalue weighted by molar-refractivity contribution is -0.147. The zero-order valence-electron chi connectivity index (χ0n) is 10.6. The van der Waals surface area contributed by atoms with Crippen molar-refractivity contribution in [3.63, 3.8) is 0 Å². The monoisotopic (exact) mass is 244 g/mol. The molecule has 5 nitrogen and oxygen atoms in total. The Balaban J connectivity index is 2.09. The van der Waals surface area contributed by atoms with E-state index in [9.17, 15) is 4.79 Å². The molecule has 17 heavy (non-hydrogen) atoms. The average Bonchev–Trinajstić information content (AvgIpc) is 2.58. The third kappa shape index (κ3) is 5.81. The summed E-state index contributed by atoms with van der Waals surface area (Å²) in [6.07, 6.45) is 3.64. The molecule has 0 radical (unpaired) electrons. The van der Waals surface area contributed by atoms with E-state index >= 15 is 0 Å². The quantitative estimate of drug-likeness (QED) is 0.400. The van der Waals surface area contributed by atoms with E-state index in [-0.39, 0.29) is 18.7 Å². The Kier molecular flexibility index (Phi) is 5.61. The van der Waals surface area contributed by atoms with Crippen molar-refractivity contribution in [2.24, 2.45) is 0 Å². The number of carbonyl (C=O) groups excluding carboxylic acids is 1. The van der Waals surface area contributed by atoms with Crippen LogP contribution in [0.25, 0.3) is 0 Å². The maximum Gasteiger partial charge on any atom is 0.332 e. The summed E-state index contributed by atoms with van der Waals surface area (Å²) in [6, 6.07) is 0. The van der Waals surface area contributed by atoms with Crippen molar-refractivity contribution >= 4 is 5.97 Å². The zero-order chi connectivity index (χ0) is 12.7. The molecule has 0 spiro atoms. The highest BCUT2D eigenvalue weighted by atomic mass is 16.7. The molecule has 1 rings (SSSR count). The predicted octanol–water partition coefficient (Wildman–Crippen LogP) is 1.27. The molecule has 0 N–H and O–H groups in total. The molecular formula is C12H20O5. The first-order valence-corrected chi connectivity index (χ1v) is 5.75. The van der Waals surface area contributed by atoms with E-state index in [0.29, 0.717) is 19.8 Å². The summed E-state index contributed by atoms with van der Waals surface area (Å²) >= 11 is 0. The lowest BCUT2D eigenvalue weighted by atomic mass is 10.3. The zero-order valence-corrected chi connectivity index (χ0v) is 10.6. The van der Waals surface area contributed by atoms with Gasteiger partial charge in [0.15, 0.2) is 5.79 Å². The van der Waals surface area contributed by atoms with Gasteiger partial charge in [-0.25, -0.2) is 4.79 Å². The van der Waals surface area contributed by atoms with Gasteiger partial charge in [-0.3, -0.25) is 0 Å². The van der Waals surface area contributed by atoms with Crippen LogP contribution >= 0.6 is 0 Å². The lowest BCUT2D eigenvalue weighted by Crippen LogP contribution is -2.20. The van der Waals surface area contributed by atoms with Gasteiger partial charge in [0.2, 0.25) is 0 Å². The molecule has 98 valence electrons. The Morgan fingerprint density at radius 2 is 2.29 bits per heavy atom. The van der Waals surface area contributed by atoms with Crippen molar-refractivity contribution in [3.05, 3.63) is 12.2 Å². The molecule has 1 aliphatic heterocycles. The normalized spacial score (nSPS) is 23.1. The van der Waals surface area contributed by atoms with Gasteiger partial charge in [0, 0.05) is 0 Å². The molecule has 1 saturated heterocycles. The summed E-state index contributed by atoms with van der Waals surface area (Å²) in [5.74, 6) is -0.858. The fraction of sp³-hybridized carbons (Fsp3) is 0.750. The Labute approximate surface area is 102 Å². The van der Waals surface area contributed by atoms with Crippen LogP contribution in [-0.2, 0) is 23.7 Å². The topological polar surface area (TPSA) is 54.0 Å². The molecule has 1 aliphatic rings. The van der Waals surface area contributed by atoms with E-state index < -0.39 is 5.79 Å². The van der Waals surface area contributed by atoms with Crippen molar-refractivity contribution in [1.82, 2.24) is 0 Å². The van der Waals surface area contributed by atoms with Crippen LogP contribution in [-0.4, -0.2) is 44.3 Å². The van der Waals surface area contributed by atoms with Crippen LogP contribution in [0.15, 0.2) is 12.2 Å². The maximum atomic E-state index is 10.9. The largest absolute Gasteiger partial charge is 0.464 e. The highest BCUT2D eigenvalue weighted by Crippen LogP contribution is 2.22. The van der Waals surface area contributed by atoms with E-state index in [1.807, 2.05) is 26.0 Å². The van der Waals surface area contributed by atoms with Crippen LogP contribution in [0.1, 0.15) is 20.8 Å². The molecule has 0 bridgehead atoms. The fourth-order valence-electron chi connectivity index (χ4n) is 1.43. The van der Waals surface area contributed by atoms with Gasteiger partial charge in [0.25, 0.3) is 0 Å². The highest BCUT2D eigenvalue weighted by Gasteiger charge is 2.30. The molecule has 0 aliphatic carbocycles. The standard InChI is InChI=1S/C12H20O5/c1-4-15-11(13)9-14-7-5-6-10-8-16-12(2,3)17-10/h5-6,10H,4,7-9H2,1-3H3/b6-5-/t10-/m0/s1. The first-order chi connectivity index (χ1) is 8.03. The number of carbonyl (C=O) groups is 1. The number of rotatable bonds is 6. The molecule has 0 saturated carbocycles. The molecule has 5 heteroatoms. The molecule has 0 amide bonds. The lowest BCUT2D eigenvalue weighted by Gasteiger charge is -2.15. The van der Waals surface area contributed by atoms with Crippen molar-refractivity contribution in [2.45, 2.75) is 32.7 Å². The van der Waals surface area contributed by atoms with Crippen LogP contribution in [0.5, 0.6) is 0 Å². The Bertz CT molecular complexity index is 272. The third-order valence-electron chi connectivity index (χ3n) is 2.12. The number of hydrogen-bond acceptors (Lipinski definition) is 5. The second-order valence-electron chi connectivity index (χ2n) is 4.12. The van der Waals surface area contributed by atoms with Crippen LogP contribution in [0.2, 0.25) is 0 Å². The molecule has 0 unspecified atom stereocenters. The Hall–Kier alpha value is -0.910. The second kappa shape index (κ2) is 6.74. The molecule has 0 aromatic rings. The highest BCUT2D eigenvalue weighted by molar-refractivity contribution is 5.70. The van der Waals surface area contributed by atoms with Gasteiger partial charge in [0.05, 0.1) is 19.8 Å². The van der Waals surface area contributed by atoms with Gasteiger partial charge in [-0.2, -0.15) is 0 Å². The van der Waals surface area contributed by atoms with E-state index in [1.54, 1.807) is 6.92 Å². The van der Waals surface area contributed by atoms with E-state index in [1.165, 1.54) is 0 Å². The molecular weight excluding hydrogens is 224 g/mol.